The van der Waals surface area contributed by atoms with E-state index in [1.54, 1.807) is 41.5 Å². The number of carbonyl (C=O) groups excluding carboxylic acids is 16. The second kappa shape index (κ2) is 93.2. The van der Waals surface area contributed by atoms with Gasteiger partial charge < -0.3 is 94.7 Å². The molecule has 0 aromatic carbocycles. The summed E-state index contributed by atoms with van der Waals surface area (Å²) in [6, 6.07) is 0. The number of hydrogen-bond donors (Lipinski definition) is 0. The van der Waals surface area contributed by atoms with E-state index in [9.17, 15) is 76.7 Å². The van der Waals surface area contributed by atoms with Crippen LogP contribution in [0.3, 0.4) is 0 Å². The first-order chi connectivity index (χ1) is 49.4. The Morgan fingerprint density at radius 3 is 0.726 bits per heavy atom. The van der Waals surface area contributed by atoms with Gasteiger partial charge in [0.05, 0.1) is 41.7 Å². The van der Waals surface area contributed by atoms with Crippen molar-refractivity contribution in [2.75, 3.05) is 123 Å². The molecule has 0 aliphatic rings. The number of esters is 16. The first-order valence-electron chi connectivity index (χ1n) is 29.5. The summed E-state index contributed by atoms with van der Waals surface area (Å²) >= 11 is 0. The molecule has 0 saturated heterocycles. The lowest BCUT2D eigenvalue weighted by molar-refractivity contribution is -0.164. The highest BCUT2D eigenvalue weighted by molar-refractivity contribution is 5.90. The van der Waals surface area contributed by atoms with E-state index in [0.29, 0.717) is 48.7 Å². The van der Waals surface area contributed by atoms with Gasteiger partial charge in [0.15, 0.2) is 40.4 Å². The standard InChI is InChI=1S/2C7H10O4.C7H12O3.2C6H8O4.2C6H10O3.C6H10O2.C5H8O3.2C5H8O2.C4H6O2/c1-5(2)7(9)11-4-6(8)10-3;1-5(2)7(9)11-4-10-6(3)8;1-4-9-5-10-7(8)6(2)3;1-3-5(7)10-4-6(8)9-2;1-3-6(8)10-4-9-5(2)7;1-5(2)6(7)9-4-8-3;1-3-6(7)9-5-8-4-2;1-4-8-6(7)5(2)3;1-3-5(6)8-4-7-2;1-4(2)5(6)7-3;1-3-5(6)7-4-2;1-3-4(5)6-2/h2*1,4H2,2-3H3;2,4-5H2,1,3H3;2*3H,1,4H2,2H3;1,4H2,2-3H3;3H,1,4-5H2,2H3;2,4H2,1,3H3;3H,1,4H2,2H3;1H2,2-3H3;3H,1,4H2,2H3;3H,1H2,2H3. The van der Waals surface area contributed by atoms with Crippen molar-refractivity contribution in [1.29, 1.82) is 0 Å². The second-order valence-corrected chi connectivity index (χ2v) is 17.0. The van der Waals surface area contributed by atoms with Crippen LogP contribution in [0.1, 0.15) is 83.1 Å². The van der Waals surface area contributed by atoms with Gasteiger partial charge in [0.1, 0.15) is 0 Å². The Labute approximate surface area is 620 Å². The summed E-state index contributed by atoms with van der Waals surface area (Å²) < 4.78 is 88.2. The normalized spacial score (nSPS) is 8.25. The molecule has 0 fully saturated rings. The molecule has 604 valence electrons. The highest BCUT2D eigenvalue weighted by Gasteiger charge is 2.08. The first kappa shape index (κ1) is 121. The molecule has 0 heterocycles. The molecular weight excluding hydrogens is 1420 g/mol. The van der Waals surface area contributed by atoms with Crippen LogP contribution in [0.4, 0.5) is 0 Å². The van der Waals surface area contributed by atoms with Crippen LogP contribution >= 0.6 is 0 Å². The molecule has 0 rings (SSSR count). The number of ether oxygens (including phenoxy) is 20. The fourth-order valence-corrected chi connectivity index (χ4v) is 2.74. The van der Waals surface area contributed by atoms with E-state index in [1.807, 2.05) is 13.8 Å². The molecule has 0 aliphatic heterocycles. The molecule has 0 aromatic heterocycles. The zero-order valence-corrected chi connectivity index (χ0v) is 64.1. The lowest BCUT2D eigenvalue weighted by atomic mass is 10.4. The quantitative estimate of drug-likeness (QED) is 0.0219. The van der Waals surface area contributed by atoms with E-state index >= 15 is 0 Å². The van der Waals surface area contributed by atoms with Crippen molar-refractivity contribution in [2.24, 2.45) is 0 Å². The molecule has 0 bridgehead atoms. The van der Waals surface area contributed by atoms with E-state index in [4.69, 9.17) is 9.47 Å². The van der Waals surface area contributed by atoms with Crippen molar-refractivity contribution < 1.29 is 171 Å². The van der Waals surface area contributed by atoms with Gasteiger partial charge in [-0.2, -0.15) is 0 Å². The average molecular weight is 1530 g/mol. The fourth-order valence-electron chi connectivity index (χ4n) is 2.74. The molecule has 106 heavy (non-hydrogen) atoms. The van der Waals surface area contributed by atoms with E-state index < -0.39 is 77.6 Å². The van der Waals surface area contributed by atoms with Gasteiger partial charge in [0.2, 0.25) is 13.6 Å². The Morgan fingerprint density at radius 1 is 0.245 bits per heavy atom. The van der Waals surface area contributed by atoms with Crippen LogP contribution in [0.5, 0.6) is 0 Å². The van der Waals surface area contributed by atoms with Crippen LogP contribution in [-0.4, -0.2) is 219 Å². The molecule has 0 amide bonds. The van der Waals surface area contributed by atoms with Gasteiger partial charge in [-0.25, -0.2) is 67.1 Å². The zero-order chi connectivity index (χ0) is 85.6. The maximum Gasteiger partial charge on any atom is 0.344 e. The van der Waals surface area contributed by atoms with E-state index in [2.05, 4.69) is 164 Å². The summed E-state index contributed by atoms with van der Waals surface area (Å²) in [6.45, 7) is 58.8. The van der Waals surface area contributed by atoms with Gasteiger partial charge in [-0.3, -0.25) is 9.59 Å². The molecule has 0 radical (unpaired) electrons. The molecule has 0 saturated carbocycles. The first-order valence-corrected chi connectivity index (χ1v) is 29.5. The minimum Gasteiger partial charge on any atom is -0.466 e. The predicted molar refractivity (Wildman–Crippen MR) is 380 cm³/mol. The number of methoxy groups -OCH3 is 6. The second-order valence-electron chi connectivity index (χ2n) is 17.0. The third-order valence-electron chi connectivity index (χ3n) is 7.66. The van der Waals surface area contributed by atoms with Crippen LogP contribution < -0.4 is 0 Å². The van der Waals surface area contributed by atoms with Crippen molar-refractivity contribution in [3.05, 3.63) is 149 Å². The monoisotopic (exact) mass is 1520 g/mol. The van der Waals surface area contributed by atoms with Crippen molar-refractivity contribution in [1.82, 2.24) is 0 Å². The summed E-state index contributed by atoms with van der Waals surface area (Å²) in [7, 11) is 7.96. The molecule has 0 aromatic rings. The molecule has 0 N–H and O–H groups in total. The highest BCUT2D eigenvalue weighted by Crippen LogP contribution is 1.95. The Hall–Kier alpha value is -11.8. The largest absolute Gasteiger partial charge is 0.466 e. The van der Waals surface area contributed by atoms with Crippen LogP contribution in [-0.2, 0) is 171 Å². The van der Waals surface area contributed by atoms with Gasteiger partial charge in [0.25, 0.3) is 0 Å². The van der Waals surface area contributed by atoms with Crippen molar-refractivity contribution in [3.8, 4) is 0 Å². The van der Waals surface area contributed by atoms with E-state index in [0.717, 1.165) is 36.5 Å². The Kier molecular flexibility index (Phi) is 107. The number of hydrogen-bond acceptors (Lipinski definition) is 36. The van der Waals surface area contributed by atoms with Crippen LogP contribution in [0.2, 0.25) is 0 Å². The van der Waals surface area contributed by atoms with Crippen molar-refractivity contribution in [3.63, 3.8) is 0 Å². The summed E-state index contributed by atoms with van der Waals surface area (Å²) in [5.41, 5.74) is 2.19. The third kappa shape index (κ3) is 125. The minimum absolute atomic E-state index is 0.00824. The van der Waals surface area contributed by atoms with E-state index in [1.165, 1.54) is 70.4 Å². The molecular formula is C70H108O36. The lowest BCUT2D eigenvalue weighted by Gasteiger charge is -2.02. The summed E-state index contributed by atoms with van der Waals surface area (Å²) in [4.78, 5) is 165. The zero-order valence-electron chi connectivity index (χ0n) is 64.1. The predicted octanol–water partition coefficient (Wildman–Crippen LogP) is 6.81. The number of carbonyl (C=O) groups is 16. The van der Waals surface area contributed by atoms with Crippen molar-refractivity contribution >= 4 is 95.5 Å². The Bertz CT molecular complexity index is 2720. The maximum absolute atomic E-state index is 10.6. The third-order valence-corrected chi connectivity index (χ3v) is 7.66. The molecule has 36 nitrogen and oxygen atoms in total. The van der Waals surface area contributed by atoms with Gasteiger partial charge in [-0.05, 0) is 69.2 Å². The van der Waals surface area contributed by atoms with Crippen LogP contribution in [0, 0.1) is 0 Å². The molecule has 0 unspecified atom stereocenters. The summed E-state index contributed by atoms with van der Waals surface area (Å²) in [5, 5.41) is 0. The summed E-state index contributed by atoms with van der Waals surface area (Å²) in [5.74, 6) is -7.70. The van der Waals surface area contributed by atoms with Crippen molar-refractivity contribution in [2.45, 2.75) is 83.1 Å². The average Bonchev–Trinajstić information content (AvgIpc) is 1.09. The van der Waals surface area contributed by atoms with E-state index in [-0.39, 0.29) is 83.0 Å². The minimum atomic E-state index is -0.634. The fraction of sp³-hybridized carbons (Fsp3) is 0.429. The number of rotatable bonds is 32. The van der Waals surface area contributed by atoms with Crippen LogP contribution in [0.15, 0.2) is 149 Å². The Balaban J connectivity index is -0.0000000913. The Morgan fingerprint density at radius 2 is 0.491 bits per heavy atom. The molecule has 36 heteroatoms. The SMILES string of the molecule is C=C(C)C(=O)OC.C=C(C)C(=O)OCC.C=C(C)C(=O)OCC(=O)OC.C=C(C)C(=O)OCOC.C=C(C)C(=O)OCOC(C)=O.C=C(C)C(=O)OCOCC.C=CC(=O)OC.C=CC(=O)OCC.C=CC(=O)OCC(=O)OC.C=CC(=O)OCOC.C=CC(=O)OCOC(C)=O.C=CC(=O)OCOCC. The van der Waals surface area contributed by atoms with Gasteiger partial charge in [-0.1, -0.05) is 78.9 Å². The molecule has 0 aliphatic carbocycles. The molecule has 0 spiro atoms. The maximum atomic E-state index is 10.6. The van der Waals surface area contributed by atoms with Gasteiger partial charge in [-0.15, -0.1) is 0 Å². The topological polar surface area (TPSA) is 458 Å². The summed E-state index contributed by atoms with van der Waals surface area (Å²) in [6.07, 6.45) is 6.40. The highest BCUT2D eigenvalue weighted by atomic mass is 16.7. The van der Waals surface area contributed by atoms with Crippen LogP contribution in [0.25, 0.3) is 0 Å². The lowest BCUT2D eigenvalue weighted by Crippen LogP contribution is -2.15. The van der Waals surface area contributed by atoms with Gasteiger partial charge >= 0.3 is 95.5 Å². The smallest absolute Gasteiger partial charge is 0.344 e. The molecule has 0 atom stereocenters. The van der Waals surface area contributed by atoms with Gasteiger partial charge in [0, 0.05) is 111 Å².